The van der Waals surface area contributed by atoms with Gasteiger partial charge in [-0.3, -0.25) is 0 Å². The first kappa shape index (κ1) is 12.9. The summed E-state index contributed by atoms with van der Waals surface area (Å²) in [7, 11) is 0. The summed E-state index contributed by atoms with van der Waals surface area (Å²) in [5, 5.41) is 0. The Labute approximate surface area is 114 Å². The summed E-state index contributed by atoms with van der Waals surface area (Å²) in [5.41, 5.74) is 8.29. The molecule has 0 atom stereocenters. The van der Waals surface area contributed by atoms with Crippen LogP contribution in [0.25, 0.3) is 0 Å². The molecular formula is C14H13BrFNO. The van der Waals surface area contributed by atoms with E-state index in [1.807, 2.05) is 25.1 Å². The molecule has 0 saturated carbocycles. The molecule has 2 aromatic carbocycles. The number of hydrogen-bond donors (Lipinski definition) is 1. The third-order valence-electron chi connectivity index (χ3n) is 2.64. The molecule has 0 aromatic heterocycles. The van der Waals surface area contributed by atoms with Crippen LogP contribution in [0.15, 0.2) is 40.9 Å². The van der Waals surface area contributed by atoms with Crippen LogP contribution < -0.4 is 10.5 Å². The van der Waals surface area contributed by atoms with Crippen molar-refractivity contribution in [2.24, 2.45) is 0 Å². The topological polar surface area (TPSA) is 35.2 Å². The first-order chi connectivity index (χ1) is 8.56. The Kier molecular flexibility index (Phi) is 3.87. The van der Waals surface area contributed by atoms with Crippen molar-refractivity contribution in [3.63, 3.8) is 0 Å². The van der Waals surface area contributed by atoms with E-state index in [9.17, 15) is 4.39 Å². The molecule has 0 bridgehead atoms. The van der Waals surface area contributed by atoms with Crippen molar-refractivity contribution in [3.8, 4) is 5.75 Å². The van der Waals surface area contributed by atoms with Crippen LogP contribution >= 0.6 is 15.9 Å². The quantitative estimate of drug-likeness (QED) is 0.868. The van der Waals surface area contributed by atoms with Crippen molar-refractivity contribution in [1.82, 2.24) is 0 Å². The fourth-order valence-corrected chi connectivity index (χ4v) is 1.96. The predicted molar refractivity (Wildman–Crippen MR) is 74.0 cm³/mol. The fraction of sp³-hybridized carbons (Fsp3) is 0.143. The molecular weight excluding hydrogens is 297 g/mol. The highest BCUT2D eigenvalue weighted by atomic mass is 79.9. The highest BCUT2D eigenvalue weighted by Crippen LogP contribution is 2.23. The molecule has 94 valence electrons. The van der Waals surface area contributed by atoms with Crippen LogP contribution in [0.5, 0.6) is 5.75 Å². The second-order valence-corrected chi connectivity index (χ2v) is 4.96. The minimum absolute atomic E-state index is 0.306. The van der Waals surface area contributed by atoms with Crippen LogP contribution in [0.1, 0.15) is 11.1 Å². The average molecular weight is 310 g/mol. The summed E-state index contributed by atoms with van der Waals surface area (Å²) in [6.45, 7) is 2.20. The van der Waals surface area contributed by atoms with Crippen molar-refractivity contribution in [2.45, 2.75) is 13.5 Å². The van der Waals surface area contributed by atoms with Gasteiger partial charge in [-0.2, -0.15) is 0 Å². The van der Waals surface area contributed by atoms with Crippen LogP contribution in [-0.4, -0.2) is 0 Å². The van der Waals surface area contributed by atoms with Crippen LogP contribution in [0.2, 0.25) is 0 Å². The number of halogens is 2. The van der Waals surface area contributed by atoms with E-state index in [4.69, 9.17) is 10.5 Å². The maximum atomic E-state index is 13.1. The molecule has 0 fully saturated rings. The average Bonchev–Trinajstić information content (AvgIpc) is 2.32. The van der Waals surface area contributed by atoms with E-state index in [0.29, 0.717) is 18.0 Å². The van der Waals surface area contributed by atoms with E-state index in [1.165, 1.54) is 12.1 Å². The number of nitrogen functional groups attached to an aromatic ring is 1. The number of rotatable bonds is 3. The Balaban J connectivity index is 2.13. The predicted octanol–water partition coefficient (Wildman–Crippen LogP) is 4.06. The summed E-state index contributed by atoms with van der Waals surface area (Å²) in [5.74, 6) is 0.233. The van der Waals surface area contributed by atoms with E-state index in [1.54, 1.807) is 6.07 Å². The van der Waals surface area contributed by atoms with Crippen LogP contribution in [0.3, 0.4) is 0 Å². The molecule has 2 nitrogen and oxygen atoms in total. The molecule has 0 unspecified atom stereocenters. The Morgan fingerprint density at radius 1 is 1.22 bits per heavy atom. The lowest BCUT2D eigenvalue weighted by Gasteiger charge is -2.11. The van der Waals surface area contributed by atoms with Gasteiger partial charge in [0.1, 0.15) is 18.2 Å². The molecule has 0 radical (unpaired) electrons. The number of nitrogens with two attached hydrogens (primary N) is 1. The van der Waals surface area contributed by atoms with Gasteiger partial charge in [0.2, 0.25) is 0 Å². The van der Waals surface area contributed by atoms with Gasteiger partial charge in [-0.25, -0.2) is 4.39 Å². The van der Waals surface area contributed by atoms with Gasteiger partial charge in [0, 0.05) is 21.8 Å². The maximum absolute atomic E-state index is 13.1. The number of hydrogen-bond acceptors (Lipinski definition) is 2. The SMILES string of the molecule is Cc1ccc(F)cc1OCc1ccc(Br)cc1N. The van der Waals surface area contributed by atoms with Crippen LogP contribution in [0.4, 0.5) is 10.1 Å². The Bertz CT molecular complexity index is 572. The summed E-state index contributed by atoms with van der Waals surface area (Å²) < 4.78 is 19.6. The molecule has 2 aromatic rings. The zero-order valence-corrected chi connectivity index (χ0v) is 11.5. The minimum atomic E-state index is -0.306. The monoisotopic (exact) mass is 309 g/mol. The third-order valence-corrected chi connectivity index (χ3v) is 3.13. The van der Waals surface area contributed by atoms with Crippen molar-refractivity contribution >= 4 is 21.6 Å². The minimum Gasteiger partial charge on any atom is -0.488 e. The highest BCUT2D eigenvalue weighted by molar-refractivity contribution is 9.10. The lowest BCUT2D eigenvalue weighted by molar-refractivity contribution is 0.303. The number of benzene rings is 2. The van der Waals surface area contributed by atoms with Gasteiger partial charge >= 0.3 is 0 Å². The summed E-state index contributed by atoms with van der Waals surface area (Å²) in [6, 6.07) is 10.1. The molecule has 0 amide bonds. The molecule has 2 rings (SSSR count). The van der Waals surface area contributed by atoms with Gasteiger partial charge in [-0.1, -0.05) is 28.1 Å². The molecule has 4 heteroatoms. The molecule has 0 aliphatic rings. The van der Waals surface area contributed by atoms with E-state index in [0.717, 1.165) is 15.6 Å². The van der Waals surface area contributed by atoms with E-state index < -0.39 is 0 Å². The Morgan fingerprint density at radius 3 is 2.72 bits per heavy atom. The number of anilines is 1. The zero-order valence-electron chi connectivity index (χ0n) is 9.91. The molecule has 0 heterocycles. The van der Waals surface area contributed by atoms with Gasteiger partial charge in [0.25, 0.3) is 0 Å². The summed E-state index contributed by atoms with van der Waals surface area (Å²) >= 11 is 3.34. The third kappa shape index (κ3) is 3.01. The fourth-order valence-electron chi connectivity index (χ4n) is 1.58. The second kappa shape index (κ2) is 5.40. The van der Waals surface area contributed by atoms with Crippen molar-refractivity contribution < 1.29 is 9.13 Å². The van der Waals surface area contributed by atoms with Gasteiger partial charge in [0.15, 0.2) is 0 Å². The Hall–Kier alpha value is -1.55. The first-order valence-corrected chi connectivity index (χ1v) is 6.28. The Morgan fingerprint density at radius 2 is 2.00 bits per heavy atom. The summed E-state index contributed by atoms with van der Waals surface area (Å²) in [6.07, 6.45) is 0. The smallest absolute Gasteiger partial charge is 0.126 e. The van der Waals surface area contributed by atoms with Crippen LogP contribution in [0, 0.1) is 12.7 Å². The lowest BCUT2D eigenvalue weighted by atomic mass is 10.2. The molecule has 0 aliphatic heterocycles. The first-order valence-electron chi connectivity index (χ1n) is 5.49. The normalized spacial score (nSPS) is 10.4. The van der Waals surface area contributed by atoms with Crippen LogP contribution in [-0.2, 0) is 6.61 Å². The largest absolute Gasteiger partial charge is 0.488 e. The van der Waals surface area contributed by atoms with Crippen molar-refractivity contribution in [3.05, 3.63) is 57.8 Å². The molecule has 0 spiro atoms. The zero-order chi connectivity index (χ0) is 13.1. The van der Waals surface area contributed by atoms with Gasteiger partial charge in [-0.15, -0.1) is 0 Å². The lowest BCUT2D eigenvalue weighted by Crippen LogP contribution is -2.01. The summed E-state index contributed by atoms with van der Waals surface area (Å²) in [4.78, 5) is 0. The standard InChI is InChI=1S/C14H13BrFNO/c1-9-2-5-12(16)7-14(9)18-8-10-3-4-11(15)6-13(10)17/h2-7H,8,17H2,1H3. The number of aryl methyl sites for hydroxylation is 1. The second-order valence-electron chi connectivity index (χ2n) is 4.04. The van der Waals surface area contributed by atoms with E-state index in [2.05, 4.69) is 15.9 Å². The molecule has 18 heavy (non-hydrogen) atoms. The van der Waals surface area contributed by atoms with Crippen molar-refractivity contribution in [2.75, 3.05) is 5.73 Å². The van der Waals surface area contributed by atoms with E-state index in [-0.39, 0.29) is 5.82 Å². The van der Waals surface area contributed by atoms with Gasteiger partial charge < -0.3 is 10.5 Å². The molecule has 0 saturated heterocycles. The number of ether oxygens (including phenoxy) is 1. The van der Waals surface area contributed by atoms with Gasteiger partial charge in [-0.05, 0) is 30.7 Å². The highest BCUT2D eigenvalue weighted by Gasteiger charge is 2.04. The van der Waals surface area contributed by atoms with Gasteiger partial charge in [0.05, 0.1) is 0 Å². The maximum Gasteiger partial charge on any atom is 0.126 e. The molecule has 0 aliphatic carbocycles. The molecule has 2 N–H and O–H groups in total. The van der Waals surface area contributed by atoms with E-state index >= 15 is 0 Å². The van der Waals surface area contributed by atoms with Crippen molar-refractivity contribution in [1.29, 1.82) is 0 Å².